The number of fused-ring (bicyclic) bond motifs is 1. The second-order valence-electron chi connectivity index (χ2n) is 7.38. The predicted molar refractivity (Wildman–Crippen MR) is 113 cm³/mol. The fourth-order valence-corrected chi connectivity index (χ4v) is 3.82. The van der Waals surface area contributed by atoms with Gasteiger partial charge in [0.2, 0.25) is 0 Å². The van der Waals surface area contributed by atoms with Crippen molar-refractivity contribution in [2.75, 3.05) is 13.2 Å². The van der Waals surface area contributed by atoms with E-state index in [0.29, 0.717) is 17.9 Å². The van der Waals surface area contributed by atoms with Gasteiger partial charge in [-0.1, -0.05) is 46.0 Å². The van der Waals surface area contributed by atoms with E-state index >= 15 is 0 Å². The molecular weight excluding hydrogens is 386 g/mol. The highest BCUT2D eigenvalue weighted by Gasteiger charge is 2.33. The molecule has 1 saturated carbocycles. The second kappa shape index (κ2) is 13.9. The highest BCUT2D eigenvalue weighted by atomic mass is 16.6. The van der Waals surface area contributed by atoms with Gasteiger partial charge in [-0.15, -0.1) is 0 Å². The first-order chi connectivity index (χ1) is 14.7. The van der Waals surface area contributed by atoms with Gasteiger partial charge in [-0.25, -0.2) is 0 Å². The lowest BCUT2D eigenvalue weighted by Gasteiger charge is -2.19. The summed E-state index contributed by atoms with van der Waals surface area (Å²) >= 11 is 0. The lowest BCUT2D eigenvalue weighted by molar-refractivity contribution is -0.114. The topological polar surface area (TPSA) is 139 Å². The number of nitrogens with two attached hydrogens (primary N) is 1. The number of H-pyrrole nitrogens is 1. The number of ether oxygens (including phenoxy) is 2. The maximum atomic E-state index is 10.2. The summed E-state index contributed by atoms with van der Waals surface area (Å²) in [5, 5.41) is 10.5. The van der Waals surface area contributed by atoms with Gasteiger partial charge in [-0.05, 0) is 25.2 Å². The molecule has 4 aliphatic rings. The summed E-state index contributed by atoms with van der Waals surface area (Å²) in [4.78, 5) is 10.2. The van der Waals surface area contributed by atoms with Crippen molar-refractivity contribution in [1.82, 2.24) is 31.8 Å². The average molecular weight is 424 g/mol. The molecule has 10 heteroatoms. The Morgan fingerprint density at radius 1 is 1.10 bits per heavy atom. The lowest BCUT2D eigenvalue weighted by Crippen LogP contribution is -2.34. The maximum absolute atomic E-state index is 10.2. The Morgan fingerprint density at radius 3 is 2.23 bits per heavy atom. The van der Waals surface area contributed by atoms with Crippen molar-refractivity contribution in [1.29, 1.82) is 0 Å². The Bertz CT molecular complexity index is 598. The standard InChI is InChI=1S/C9H15N3.C6H10O2.C3H6N4O.C2H6/c1-2-4-8(5-3-1)6-9-7-10-12-11-9;1-3-7-6-2-4-8-5(1)6;4-3(8)2-1-5-7-6-2;1-2/h7-8H,1-6H2,(H,10,11,12);5-6H,1-4H2;1,5-7H,(H2,4,8);1-2H3. The predicted octanol–water partition coefficient (Wildman–Crippen LogP) is 1.44. The summed E-state index contributed by atoms with van der Waals surface area (Å²) in [6.07, 6.45) is 14.5. The SMILES string of the molecule is C1CC2OCCC2O1.CC.NC(=O)C1=CNNN1.c1n[nH]nc1CC1CCCCC1. The van der Waals surface area contributed by atoms with Crippen LogP contribution >= 0.6 is 0 Å². The van der Waals surface area contributed by atoms with Crippen molar-refractivity contribution < 1.29 is 14.3 Å². The zero-order chi connectivity index (χ0) is 21.6. The summed E-state index contributed by atoms with van der Waals surface area (Å²) in [6, 6.07) is 0. The summed E-state index contributed by atoms with van der Waals surface area (Å²) in [7, 11) is 0. The molecule has 30 heavy (non-hydrogen) atoms. The molecule has 1 aromatic heterocycles. The summed E-state index contributed by atoms with van der Waals surface area (Å²) < 4.78 is 10.7. The normalized spacial score (nSPS) is 24.4. The van der Waals surface area contributed by atoms with Crippen LogP contribution in [-0.4, -0.2) is 46.7 Å². The molecule has 170 valence electrons. The number of nitrogens with zero attached hydrogens (tertiary/aromatic N) is 2. The van der Waals surface area contributed by atoms with Gasteiger partial charge in [0.15, 0.2) is 0 Å². The Hall–Kier alpha value is -2.17. The van der Waals surface area contributed by atoms with Crippen molar-refractivity contribution in [3.8, 4) is 0 Å². The third kappa shape index (κ3) is 8.29. The Labute approximate surface area is 178 Å². The number of aromatic amines is 1. The Kier molecular flexibility index (Phi) is 11.2. The number of carbonyl (C=O) groups is 1. The van der Waals surface area contributed by atoms with Crippen LogP contribution in [0.15, 0.2) is 18.1 Å². The van der Waals surface area contributed by atoms with Gasteiger partial charge < -0.3 is 20.6 Å². The molecule has 2 saturated heterocycles. The maximum Gasteiger partial charge on any atom is 0.267 e. The third-order valence-corrected chi connectivity index (χ3v) is 5.32. The van der Waals surface area contributed by atoms with E-state index < -0.39 is 5.91 Å². The Balaban J connectivity index is 0.000000158. The number of hydrazine groups is 2. The van der Waals surface area contributed by atoms with Crippen LogP contribution in [-0.2, 0) is 20.7 Å². The molecule has 6 N–H and O–H groups in total. The number of hydrogen-bond donors (Lipinski definition) is 5. The third-order valence-electron chi connectivity index (χ3n) is 5.32. The van der Waals surface area contributed by atoms with Gasteiger partial charge in [-0.2, -0.15) is 20.9 Å². The number of rotatable bonds is 3. The minimum absolute atomic E-state index is 0.338. The molecule has 0 aromatic carbocycles. The van der Waals surface area contributed by atoms with Crippen molar-refractivity contribution in [2.45, 2.75) is 77.4 Å². The quantitative estimate of drug-likeness (QED) is 0.492. The van der Waals surface area contributed by atoms with Crippen molar-refractivity contribution in [3.63, 3.8) is 0 Å². The van der Waals surface area contributed by atoms with E-state index in [0.717, 1.165) is 44.1 Å². The largest absolute Gasteiger partial charge is 0.375 e. The first-order valence-corrected chi connectivity index (χ1v) is 11.1. The molecule has 5 rings (SSSR count). The van der Waals surface area contributed by atoms with Gasteiger partial charge in [0.1, 0.15) is 5.70 Å². The molecule has 1 aromatic rings. The molecule has 2 atom stereocenters. The number of amides is 1. The van der Waals surface area contributed by atoms with Crippen LogP contribution in [0.4, 0.5) is 0 Å². The van der Waals surface area contributed by atoms with Gasteiger partial charge in [0.05, 0.1) is 24.1 Å². The molecule has 0 spiro atoms. The number of nitrogens with one attached hydrogen (secondary N) is 4. The fourth-order valence-electron chi connectivity index (χ4n) is 3.82. The van der Waals surface area contributed by atoms with Crippen LogP contribution in [0.2, 0.25) is 0 Å². The van der Waals surface area contributed by atoms with Gasteiger partial charge in [0, 0.05) is 19.4 Å². The molecule has 0 bridgehead atoms. The Morgan fingerprint density at radius 2 is 1.77 bits per heavy atom. The summed E-state index contributed by atoms with van der Waals surface area (Å²) in [5.74, 6) is 0.381. The zero-order valence-electron chi connectivity index (χ0n) is 18.2. The van der Waals surface area contributed by atoms with Crippen molar-refractivity contribution in [3.05, 3.63) is 23.8 Å². The van der Waals surface area contributed by atoms with E-state index in [1.807, 2.05) is 20.0 Å². The minimum atomic E-state index is -0.484. The van der Waals surface area contributed by atoms with Crippen LogP contribution in [0.5, 0.6) is 0 Å². The van der Waals surface area contributed by atoms with Crippen LogP contribution in [0.3, 0.4) is 0 Å². The van der Waals surface area contributed by atoms with E-state index in [4.69, 9.17) is 15.2 Å². The monoisotopic (exact) mass is 423 g/mol. The average Bonchev–Trinajstić information content (AvgIpc) is 3.57. The number of carbonyl (C=O) groups excluding carboxylic acids is 1. The van der Waals surface area contributed by atoms with E-state index in [1.165, 1.54) is 38.3 Å². The number of aromatic nitrogens is 3. The van der Waals surface area contributed by atoms with E-state index in [9.17, 15) is 4.79 Å². The summed E-state index contributed by atoms with van der Waals surface area (Å²) in [6.45, 7) is 5.82. The number of hydrogen-bond acceptors (Lipinski definition) is 8. The first kappa shape index (κ1) is 24.1. The van der Waals surface area contributed by atoms with Gasteiger partial charge >= 0.3 is 0 Å². The molecule has 1 amide bonds. The molecule has 3 fully saturated rings. The van der Waals surface area contributed by atoms with Crippen LogP contribution in [0, 0.1) is 5.92 Å². The van der Waals surface area contributed by atoms with E-state index in [-0.39, 0.29) is 0 Å². The second-order valence-corrected chi connectivity index (χ2v) is 7.38. The van der Waals surface area contributed by atoms with Gasteiger partial charge in [-0.3, -0.25) is 10.2 Å². The molecule has 10 nitrogen and oxygen atoms in total. The van der Waals surface area contributed by atoms with E-state index in [2.05, 4.69) is 31.8 Å². The molecule has 1 aliphatic carbocycles. The zero-order valence-corrected chi connectivity index (χ0v) is 18.2. The van der Waals surface area contributed by atoms with Gasteiger partial charge in [0.25, 0.3) is 5.91 Å². The first-order valence-electron chi connectivity index (χ1n) is 11.1. The smallest absolute Gasteiger partial charge is 0.267 e. The molecule has 0 radical (unpaired) electrons. The highest BCUT2D eigenvalue weighted by Crippen LogP contribution is 2.26. The van der Waals surface area contributed by atoms with Crippen molar-refractivity contribution in [2.24, 2.45) is 11.7 Å². The fraction of sp³-hybridized carbons (Fsp3) is 0.750. The van der Waals surface area contributed by atoms with Crippen LogP contribution in [0.1, 0.15) is 64.5 Å². The number of primary amides is 1. The molecule has 2 unspecified atom stereocenters. The lowest BCUT2D eigenvalue weighted by atomic mass is 9.86. The molecule has 3 aliphatic heterocycles. The van der Waals surface area contributed by atoms with Crippen LogP contribution < -0.4 is 22.1 Å². The van der Waals surface area contributed by atoms with Crippen LogP contribution in [0.25, 0.3) is 0 Å². The summed E-state index contributed by atoms with van der Waals surface area (Å²) in [5.41, 5.74) is 13.8. The minimum Gasteiger partial charge on any atom is -0.375 e. The van der Waals surface area contributed by atoms with E-state index in [1.54, 1.807) is 0 Å². The van der Waals surface area contributed by atoms with Crippen molar-refractivity contribution >= 4 is 5.91 Å². The molecular formula is C20H37N7O3. The molecule has 4 heterocycles. The highest BCUT2D eigenvalue weighted by molar-refractivity contribution is 5.91.